The van der Waals surface area contributed by atoms with Gasteiger partial charge in [0.1, 0.15) is 6.79 Å². The van der Waals surface area contributed by atoms with E-state index in [1.807, 2.05) is 6.79 Å². The van der Waals surface area contributed by atoms with Crippen LogP contribution in [0.1, 0.15) is 32.6 Å². The molecule has 1 fully saturated rings. The maximum atomic E-state index is 8.00. The molecule has 1 nitrogen and oxygen atoms in total. The van der Waals surface area contributed by atoms with Gasteiger partial charge in [-0.3, -0.25) is 0 Å². The molecule has 0 atom stereocenters. The molecular weight excluding hydrogens is 136 g/mol. The molecule has 62 valence electrons. The SMILES string of the molecule is C#CC1CCC(C)CC1.C=O. The van der Waals surface area contributed by atoms with Gasteiger partial charge in [0.15, 0.2) is 0 Å². The van der Waals surface area contributed by atoms with Gasteiger partial charge < -0.3 is 4.79 Å². The molecule has 1 heteroatoms. The first-order valence-corrected chi connectivity index (χ1v) is 4.08. The quantitative estimate of drug-likeness (QED) is 0.487. The van der Waals surface area contributed by atoms with Gasteiger partial charge >= 0.3 is 0 Å². The maximum absolute atomic E-state index is 8.00. The summed E-state index contributed by atoms with van der Waals surface area (Å²) in [6.07, 6.45) is 10.5. The van der Waals surface area contributed by atoms with E-state index in [0.29, 0.717) is 5.92 Å². The summed E-state index contributed by atoms with van der Waals surface area (Å²) in [6.45, 7) is 4.31. The predicted molar refractivity (Wildman–Crippen MR) is 47.1 cm³/mol. The Kier molecular flexibility index (Phi) is 5.56. The maximum Gasteiger partial charge on any atom is 0.106 e. The van der Waals surface area contributed by atoms with Gasteiger partial charge in [-0.25, -0.2) is 0 Å². The standard InChI is InChI=1S/C9H14.CH2O/c1-3-9-6-4-8(2)5-7-9;1-2/h1,8-9H,4-7H2,2H3;1H2. The van der Waals surface area contributed by atoms with Crippen LogP contribution < -0.4 is 0 Å². The van der Waals surface area contributed by atoms with Crippen LogP contribution in [0.2, 0.25) is 0 Å². The Morgan fingerprint density at radius 3 is 2.09 bits per heavy atom. The van der Waals surface area contributed by atoms with Gasteiger partial charge in [0.25, 0.3) is 0 Å². The van der Waals surface area contributed by atoms with Crippen molar-refractivity contribution >= 4 is 6.79 Å². The molecule has 0 heterocycles. The Morgan fingerprint density at radius 1 is 1.27 bits per heavy atom. The van der Waals surface area contributed by atoms with Crippen molar-refractivity contribution in [2.45, 2.75) is 32.6 Å². The van der Waals surface area contributed by atoms with Crippen LogP contribution in [-0.2, 0) is 4.79 Å². The molecule has 0 saturated heterocycles. The van der Waals surface area contributed by atoms with E-state index in [9.17, 15) is 0 Å². The summed E-state index contributed by atoms with van der Waals surface area (Å²) < 4.78 is 0. The molecule has 0 aromatic carbocycles. The largest absolute Gasteiger partial charge is 0.307 e. The third-order valence-corrected chi connectivity index (χ3v) is 2.25. The van der Waals surface area contributed by atoms with Crippen LogP contribution >= 0.6 is 0 Å². The molecule has 1 rings (SSSR count). The number of terminal acetylenes is 1. The van der Waals surface area contributed by atoms with Crippen LogP contribution in [0, 0.1) is 24.2 Å². The molecule has 1 aliphatic carbocycles. The van der Waals surface area contributed by atoms with Gasteiger partial charge in [-0.15, -0.1) is 12.3 Å². The van der Waals surface area contributed by atoms with Crippen LogP contribution in [0.25, 0.3) is 0 Å². The molecule has 11 heavy (non-hydrogen) atoms. The van der Waals surface area contributed by atoms with Gasteiger partial charge in [0, 0.05) is 5.92 Å². The summed E-state index contributed by atoms with van der Waals surface area (Å²) in [5.41, 5.74) is 0. The summed E-state index contributed by atoms with van der Waals surface area (Å²) in [5.74, 6) is 4.35. The molecule has 0 amide bonds. The summed E-state index contributed by atoms with van der Waals surface area (Å²) in [6, 6.07) is 0. The van der Waals surface area contributed by atoms with Crippen LogP contribution in [0.15, 0.2) is 0 Å². The topological polar surface area (TPSA) is 17.1 Å². The molecule has 0 aromatic heterocycles. The highest BCUT2D eigenvalue weighted by atomic mass is 16.1. The van der Waals surface area contributed by atoms with Crippen molar-refractivity contribution < 1.29 is 4.79 Å². The van der Waals surface area contributed by atoms with Gasteiger partial charge in [0.05, 0.1) is 0 Å². The zero-order chi connectivity index (χ0) is 8.69. The van der Waals surface area contributed by atoms with Crippen molar-refractivity contribution in [3.63, 3.8) is 0 Å². The number of rotatable bonds is 0. The molecule has 0 unspecified atom stereocenters. The Balaban J connectivity index is 0.000000461. The smallest absolute Gasteiger partial charge is 0.106 e. The lowest BCUT2D eigenvalue weighted by Gasteiger charge is -2.21. The normalized spacial score (nSPS) is 29.5. The van der Waals surface area contributed by atoms with Crippen molar-refractivity contribution in [1.29, 1.82) is 0 Å². The average Bonchev–Trinajstić information content (AvgIpc) is 2.10. The second-order valence-electron chi connectivity index (χ2n) is 3.12. The average molecular weight is 152 g/mol. The monoisotopic (exact) mass is 152 g/mol. The highest BCUT2D eigenvalue weighted by molar-refractivity contribution is 5.11. The summed E-state index contributed by atoms with van der Waals surface area (Å²) in [4.78, 5) is 8.00. The number of hydrogen-bond donors (Lipinski definition) is 0. The van der Waals surface area contributed by atoms with Gasteiger partial charge in [-0.1, -0.05) is 6.92 Å². The molecular formula is C10H16O. The summed E-state index contributed by atoms with van der Waals surface area (Å²) in [7, 11) is 0. The second kappa shape index (κ2) is 5.97. The van der Waals surface area contributed by atoms with Gasteiger partial charge in [-0.2, -0.15) is 0 Å². The zero-order valence-electron chi connectivity index (χ0n) is 7.18. The molecule has 0 aromatic rings. The second-order valence-corrected chi connectivity index (χ2v) is 3.12. The Bertz CT molecular complexity index is 126. The number of hydrogen-bond acceptors (Lipinski definition) is 1. The molecule has 0 bridgehead atoms. The van der Waals surface area contributed by atoms with E-state index in [2.05, 4.69) is 12.8 Å². The zero-order valence-corrected chi connectivity index (χ0v) is 7.18. The lowest BCUT2D eigenvalue weighted by atomic mass is 9.84. The van der Waals surface area contributed by atoms with Crippen LogP contribution in [0.5, 0.6) is 0 Å². The van der Waals surface area contributed by atoms with Crippen LogP contribution in [0.3, 0.4) is 0 Å². The number of carbonyl (C=O) groups is 1. The van der Waals surface area contributed by atoms with E-state index in [1.54, 1.807) is 0 Å². The van der Waals surface area contributed by atoms with E-state index in [4.69, 9.17) is 11.2 Å². The first-order chi connectivity index (χ1) is 5.33. The van der Waals surface area contributed by atoms with E-state index in [1.165, 1.54) is 25.7 Å². The summed E-state index contributed by atoms with van der Waals surface area (Å²) in [5, 5.41) is 0. The van der Waals surface area contributed by atoms with E-state index in [-0.39, 0.29) is 0 Å². The van der Waals surface area contributed by atoms with Crippen molar-refractivity contribution in [2.75, 3.05) is 0 Å². The van der Waals surface area contributed by atoms with Crippen molar-refractivity contribution in [1.82, 2.24) is 0 Å². The number of carbonyl (C=O) groups excluding carboxylic acids is 1. The van der Waals surface area contributed by atoms with Crippen LogP contribution in [-0.4, -0.2) is 6.79 Å². The third kappa shape index (κ3) is 3.83. The predicted octanol–water partition coefficient (Wildman–Crippen LogP) is 2.26. The Morgan fingerprint density at radius 2 is 1.73 bits per heavy atom. The summed E-state index contributed by atoms with van der Waals surface area (Å²) >= 11 is 0. The Hall–Kier alpha value is -0.770. The molecule has 1 aliphatic rings. The van der Waals surface area contributed by atoms with Crippen molar-refractivity contribution in [3.8, 4) is 12.3 Å². The highest BCUT2D eigenvalue weighted by Gasteiger charge is 2.15. The molecule has 0 N–H and O–H groups in total. The highest BCUT2D eigenvalue weighted by Crippen LogP contribution is 2.27. The molecule has 1 saturated carbocycles. The van der Waals surface area contributed by atoms with E-state index in [0.717, 1.165) is 5.92 Å². The molecule has 0 spiro atoms. The van der Waals surface area contributed by atoms with Crippen molar-refractivity contribution in [2.24, 2.45) is 11.8 Å². The Labute approximate surface area is 69.2 Å². The minimum absolute atomic E-state index is 0.598. The first kappa shape index (κ1) is 10.2. The fourth-order valence-electron chi connectivity index (χ4n) is 1.43. The third-order valence-electron chi connectivity index (χ3n) is 2.25. The minimum Gasteiger partial charge on any atom is -0.307 e. The van der Waals surface area contributed by atoms with Crippen molar-refractivity contribution in [3.05, 3.63) is 0 Å². The van der Waals surface area contributed by atoms with E-state index >= 15 is 0 Å². The first-order valence-electron chi connectivity index (χ1n) is 4.08. The fourth-order valence-corrected chi connectivity index (χ4v) is 1.43. The lowest BCUT2D eigenvalue weighted by molar-refractivity contribution is -0.0979. The van der Waals surface area contributed by atoms with Gasteiger partial charge in [0.2, 0.25) is 0 Å². The minimum atomic E-state index is 0.598. The molecule has 0 radical (unpaired) electrons. The fraction of sp³-hybridized carbons (Fsp3) is 0.700. The van der Waals surface area contributed by atoms with Crippen LogP contribution in [0.4, 0.5) is 0 Å². The molecule has 0 aliphatic heterocycles. The lowest BCUT2D eigenvalue weighted by Crippen LogP contribution is -2.09. The van der Waals surface area contributed by atoms with E-state index < -0.39 is 0 Å². The van der Waals surface area contributed by atoms with Gasteiger partial charge in [-0.05, 0) is 31.6 Å².